The highest BCUT2D eigenvalue weighted by molar-refractivity contribution is 9.10. The number of piperidine rings is 2. The van der Waals surface area contributed by atoms with Gasteiger partial charge in [0.25, 0.3) is 5.91 Å². The Morgan fingerprint density at radius 1 is 1.31 bits per heavy atom. The number of halogens is 1. The number of guanidine groups is 1. The summed E-state index contributed by atoms with van der Waals surface area (Å²) in [5, 5.41) is 14.0. The van der Waals surface area contributed by atoms with Crippen LogP contribution in [0.4, 0.5) is 5.69 Å². The molecule has 8 nitrogen and oxygen atoms in total. The number of amides is 1. The summed E-state index contributed by atoms with van der Waals surface area (Å²) in [7, 11) is 2.12. The summed E-state index contributed by atoms with van der Waals surface area (Å²) in [5.41, 5.74) is 10.0. The van der Waals surface area contributed by atoms with E-state index in [4.69, 9.17) is 11.1 Å². The number of likely N-dealkylation sites (tertiary alicyclic amines) is 1. The van der Waals surface area contributed by atoms with Crippen LogP contribution in [0.25, 0.3) is 0 Å². The number of aliphatic imine (C=N–C) groups is 1. The quantitative estimate of drug-likeness (QED) is 0.146. The number of alkyl halides is 1. The van der Waals surface area contributed by atoms with E-state index >= 15 is 0 Å². The molecule has 2 fully saturated rings. The molecule has 0 saturated carbocycles. The number of nitrogens with one attached hydrogen (secondary N) is 3. The average Bonchev–Trinajstić information content (AvgIpc) is 2.82. The van der Waals surface area contributed by atoms with Gasteiger partial charge in [-0.25, -0.2) is 4.99 Å². The highest BCUT2D eigenvalue weighted by Crippen LogP contribution is 2.45. The molecule has 4 rings (SSSR count). The molecule has 184 valence electrons. The maximum atomic E-state index is 13.5. The molecule has 0 bridgehead atoms. The maximum Gasteiger partial charge on any atom is 0.257 e. The fourth-order valence-electron chi connectivity index (χ4n) is 4.67. The van der Waals surface area contributed by atoms with Crippen molar-refractivity contribution in [2.24, 2.45) is 10.7 Å². The van der Waals surface area contributed by atoms with E-state index in [1.807, 2.05) is 32.0 Å². The van der Waals surface area contributed by atoms with Crippen molar-refractivity contribution in [3.63, 3.8) is 0 Å². The van der Waals surface area contributed by atoms with Gasteiger partial charge in [0.05, 0.1) is 11.4 Å². The molecular formula is C26H32BrN7O. The standard InChI is InChI=1S/C26H32BrN7O/c1-17-5-4-6-18(2)23(17)34-22-7-10-26(22,27)13-19(24(34)35)15-31-25(29)32-21(14-28)16-30-20-8-11-33(3)12-9-20/h4-6,14-16,20,22,28,30H,8-9,11-13H2,1-3H3,(H3,29,31,32)/b19-15+,21-16+,28-14?. The smallest absolute Gasteiger partial charge is 0.257 e. The molecule has 1 aliphatic carbocycles. The lowest BCUT2D eigenvalue weighted by molar-refractivity contribution is -0.116. The van der Waals surface area contributed by atoms with E-state index in [-0.39, 0.29) is 17.9 Å². The molecule has 1 aromatic rings. The first kappa shape index (κ1) is 25.0. The van der Waals surface area contributed by atoms with Gasteiger partial charge in [-0.05, 0) is 58.0 Å². The van der Waals surface area contributed by atoms with Gasteiger partial charge in [-0.2, -0.15) is 0 Å². The van der Waals surface area contributed by atoms with Crippen molar-refractivity contribution in [2.45, 2.75) is 49.5 Å². The van der Waals surface area contributed by atoms with Crippen molar-refractivity contribution in [1.82, 2.24) is 15.5 Å². The van der Waals surface area contributed by atoms with Crippen molar-refractivity contribution in [2.75, 3.05) is 25.0 Å². The van der Waals surface area contributed by atoms with Crippen LogP contribution >= 0.6 is 15.9 Å². The molecule has 2 aliphatic heterocycles. The Balaban J connectivity index is 1.50. The Morgan fingerprint density at radius 2 is 2.00 bits per heavy atom. The molecule has 2 heterocycles. The van der Waals surface area contributed by atoms with Crippen LogP contribution in [0.15, 0.2) is 46.9 Å². The first-order valence-corrected chi connectivity index (χ1v) is 12.6. The molecule has 2 unspecified atom stereocenters. The molecule has 3 aliphatic rings. The van der Waals surface area contributed by atoms with E-state index in [2.05, 4.69) is 55.3 Å². The van der Waals surface area contributed by atoms with Crippen LogP contribution in [0, 0.1) is 31.1 Å². The molecule has 5 N–H and O–H groups in total. The number of fused-ring (bicyclic) bond motifs is 1. The number of hydrogen-bond donors (Lipinski definition) is 4. The third-order valence-corrected chi connectivity index (χ3v) is 7.62. The average molecular weight is 538 g/mol. The molecular weight excluding hydrogens is 506 g/mol. The van der Waals surface area contributed by atoms with Crippen molar-refractivity contribution in [3.8, 4) is 11.8 Å². The Hall–Kier alpha value is -3.09. The highest BCUT2D eigenvalue weighted by Gasteiger charge is 2.52. The molecule has 1 aromatic carbocycles. The largest absolute Gasteiger partial charge is 0.386 e. The van der Waals surface area contributed by atoms with Gasteiger partial charge in [0, 0.05) is 36.7 Å². The monoisotopic (exact) mass is 537 g/mol. The second-order valence-electron chi connectivity index (χ2n) is 9.41. The maximum absolute atomic E-state index is 13.5. The van der Waals surface area contributed by atoms with Crippen molar-refractivity contribution < 1.29 is 4.79 Å². The van der Waals surface area contributed by atoms with E-state index in [1.54, 1.807) is 11.1 Å². The summed E-state index contributed by atoms with van der Waals surface area (Å²) in [4.78, 5) is 21.9. The number of anilines is 1. The summed E-state index contributed by atoms with van der Waals surface area (Å²) in [6, 6.07) is 6.12. The first-order valence-electron chi connectivity index (χ1n) is 11.8. The number of allylic oxidation sites excluding steroid dienone is 1. The summed E-state index contributed by atoms with van der Waals surface area (Å²) in [6.45, 7) is 6.09. The van der Waals surface area contributed by atoms with E-state index in [9.17, 15) is 4.79 Å². The lowest BCUT2D eigenvalue weighted by atomic mass is 9.80. The van der Waals surface area contributed by atoms with Crippen molar-refractivity contribution in [1.29, 1.82) is 5.41 Å². The number of carbonyl (C=O) groups is 1. The fourth-order valence-corrected chi connectivity index (χ4v) is 5.41. The molecule has 2 atom stereocenters. The van der Waals surface area contributed by atoms with Gasteiger partial charge < -0.3 is 26.7 Å². The van der Waals surface area contributed by atoms with Gasteiger partial charge in [-0.3, -0.25) is 9.69 Å². The molecule has 9 heteroatoms. The number of aryl methyl sites for hydroxylation is 2. The molecule has 0 radical (unpaired) electrons. The van der Waals surface area contributed by atoms with Gasteiger partial charge >= 0.3 is 0 Å². The Kier molecular flexibility index (Phi) is 7.33. The van der Waals surface area contributed by atoms with Crippen LogP contribution in [0.5, 0.6) is 0 Å². The summed E-state index contributed by atoms with van der Waals surface area (Å²) in [6.07, 6.45) is 6.99. The van der Waals surface area contributed by atoms with Gasteiger partial charge in [-0.1, -0.05) is 46.0 Å². The van der Waals surface area contributed by atoms with Gasteiger partial charge in [-0.15, -0.1) is 0 Å². The molecule has 0 spiro atoms. The Labute approximate surface area is 215 Å². The number of hydrogen-bond acceptors (Lipinski definition) is 5. The zero-order valence-corrected chi connectivity index (χ0v) is 21.9. The minimum absolute atomic E-state index is 0.106. The van der Waals surface area contributed by atoms with E-state index in [0.717, 1.165) is 42.7 Å². The zero-order valence-electron chi connectivity index (χ0n) is 20.4. The van der Waals surface area contributed by atoms with Crippen LogP contribution < -0.4 is 21.3 Å². The van der Waals surface area contributed by atoms with Crippen LogP contribution in [-0.2, 0) is 4.79 Å². The predicted molar refractivity (Wildman–Crippen MR) is 145 cm³/mol. The Bertz CT molecular complexity index is 1150. The molecule has 0 aromatic heterocycles. The minimum atomic E-state index is -0.503. The SMILES string of the molecule is Cc1cccc(C)c1N1C(=O)/C(=C/N=C(\N)N/C(C=N)=C/NC2CCN(C)CC2)CC2(Br)C#CC12. The summed E-state index contributed by atoms with van der Waals surface area (Å²) >= 11 is 3.77. The van der Waals surface area contributed by atoms with Crippen molar-refractivity contribution in [3.05, 3.63) is 53.0 Å². The normalized spacial score (nSPS) is 26.5. The lowest BCUT2D eigenvalue weighted by Crippen LogP contribution is -2.60. The molecule has 35 heavy (non-hydrogen) atoms. The van der Waals surface area contributed by atoms with Crippen LogP contribution in [-0.4, -0.2) is 59.5 Å². The van der Waals surface area contributed by atoms with Gasteiger partial charge in [0.1, 0.15) is 10.4 Å². The first-order chi connectivity index (χ1) is 16.7. The topological polar surface area (TPSA) is 110 Å². The van der Waals surface area contributed by atoms with Gasteiger partial charge in [0.15, 0.2) is 5.96 Å². The number of carbonyl (C=O) groups excluding carboxylic acids is 1. The number of nitrogens with zero attached hydrogens (tertiary/aromatic N) is 3. The third-order valence-electron chi connectivity index (χ3n) is 6.71. The fraction of sp³-hybridized carbons (Fsp3) is 0.423. The number of rotatable bonds is 6. The van der Waals surface area contributed by atoms with Crippen LogP contribution in [0.3, 0.4) is 0 Å². The second-order valence-corrected chi connectivity index (χ2v) is 10.8. The predicted octanol–water partition coefficient (Wildman–Crippen LogP) is 2.52. The second kappa shape index (κ2) is 10.3. The molecule has 1 amide bonds. The number of para-hydroxylation sites is 1. The lowest BCUT2D eigenvalue weighted by Gasteiger charge is -2.46. The van der Waals surface area contributed by atoms with Gasteiger partial charge in [0.2, 0.25) is 0 Å². The van der Waals surface area contributed by atoms with Crippen molar-refractivity contribution >= 4 is 39.7 Å². The Morgan fingerprint density at radius 3 is 2.60 bits per heavy atom. The summed E-state index contributed by atoms with van der Waals surface area (Å²) < 4.78 is -0.503. The summed E-state index contributed by atoms with van der Waals surface area (Å²) in [5.74, 6) is 6.31. The molecule has 2 saturated heterocycles. The van der Waals surface area contributed by atoms with E-state index < -0.39 is 4.32 Å². The van der Waals surface area contributed by atoms with Crippen LogP contribution in [0.2, 0.25) is 0 Å². The van der Waals surface area contributed by atoms with E-state index in [1.165, 1.54) is 12.4 Å². The minimum Gasteiger partial charge on any atom is -0.386 e. The third kappa shape index (κ3) is 5.29. The highest BCUT2D eigenvalue weighted by atomic mass is 79.9. The van der Waals surface area contributed by atoms with E-state index in [0.29, 0.717) is 23.7 Å². The number of nitrogens with two attached hydrogens (primary N) is 1. The number of benzene rings is 1. The zero-order chi connectivity index (χ0) is 25.2. The van der Waals surface area contributed by atoms with Crippen LogP contribution in [0.1, 0.15) is 30.4 Å².